The summed E-state index contributed by atoms with van der Waals surface area (Å²) in [5.41, 5.74) is 1.80. The van der Waals surface area contributed by atoms with Crippen molar-refractivity contribution in [3.05, 3.63) is 92.4 Å². The summed E-state index contributed by atoms with van der Waals surface area (Å²) < 4.78 is 33.1. The lowest BCUT2D eigenvalue weighted by molar-refractivity contribution is -0.384. The van der Waals surface area contributed by atoms with E-state index in [-0.39, 0.29) is 46.4 Å². The second-order valence-corrected chi connectivity index (χ2v) is 17.6. The molecule has 0 spiro atoms. The van der Waals surface area contributed by atoms with Crippen LogP contribution < -0.4 is 20.1 Å². The van der Waals surface area contributed by atoms with Crippen LogP contribution in [0.1, 0.15) is 61.5 Å². The first kappa shape index (κ1) is 34.4. The Morgan fingerprint density at radius 1 is 0.962 bits per heavy atom. The first-order valence-corrected chi connectivity index (χ1v) is 19.8. The number of carbonyl (C=O) groups excluding carboxylic acids is 2. The predicted octanol–water partition coefficient (Wildman–Crippen LogP) is 4.48. The fourth-order valence-corrected chi connectivity index (χ4v) is 11.8. The number of amides is 1. The van der Waals surface area contributed by atoms with E-state index < -0.39 is 25.8 Å². The van der Waals surface area contributed by atoms with Crippen LogP contribution in [0.25, 0.3) is 0 Å². The number of non-ortho nitro benzene ring substituents is 1. The maximum atomic E-state index is 14.2. The quantitative estimate of drug-likeness (QED) is 0.261. The number of carbonyl (C=O) groups is 2. The summed E-state index contributed by atoms with van der Waals surface area (Å²) in [6.45, 7) is 7.77. The van der Waals surface area contributed by atoms with E-state index in [4.69, 9.17) is 0 Å². The zero-order chi connectivity index (χ0) is 36.6. The summed E-state index contributed by atoms with van der Waals surface area (Å²) in [6.07, 6.45) is 2.73. The van der Waals surface area contributed by atoms with E-state index in [9.17, 15) is 32.9 Å². The van der Waals surface area contributed by atoms with Crippen molar-refractivity contribution in [2.45, 2.75) is 52.0 Å². The Hall–Kier alpha value is -4.72. The zero-order valence-electron chi connectivity index (χ0n) is 29.5. The van der Waals surface area contributed by atoms with Gasteiger partial charge in [-0.3, -0.25) is 29.2 Å². The fraction of sp³-hybridized carbons (Fsp3) is 0.500. The number of fused-ring (bicyclic) bond motifs is 6. The summed E-state index contributed by atoms with van der Waals surface area (Å²) in [7, 11) is -4.03. The van der Waals surface area contributed by atoms with Gasteiger partial charge in [-0.1, -0.05) is 19.9 Å². The molecule has 1 amide bonds. The van der Waals surface area contributed by atoms with Crippen LogP contribution in [0.3, 0.4) is 0 Å². The van der Waals surface area contributed by atoms with E-state index >= 15 is 0 Å². The number of ketones is 1. The maximum absolute atomic E-state index is 14.2. The highest BCUT2D eigenvalue weighted by Crippen LogP contribution is 2.64. The number of hydrogen-bond donors (Lipinski definition) is 1. The minimum atomic E-state index is -4.03. The SMILES string of the molecule is CC1(C)[C@H]2CC[C@@]1(CS(=O)(=O)Nc1cc(C(=O)N3CCN(c4ccc([N+](=O)[O-])cc4)CC3)ccc1N1C[C@H]3C[C@@H](C1)c1cccc(=O)n1C3)C(=O)C2. The molecule has 52 heavy (non-hydrogen) atoms. The van der Waals surface area contributed by atoms with Crippen LogP contribution in [-0.2, 0) is 21.4 Å². The Bertz CT molecular complexity index is 2130. The number of sulfonamides is 1. The van der Waals surface area contributed by atoms with Crippen LogP contribution in [0.15, 0.2) is 65.5 Å². The third-order valence-electron chi connectivity index (χ3n) is 12.9. The number of Topliss-reactive ketones (excluding diaryl/α,β-unsaturated/α-hetero) is 1. The summed E-state index contributed by atoms with van der Waals surface area (Å²) in [4.78, 5) is 56.6. The number of piperidine rings is 1. The number of nitrogens with one attached hydrogen (secondary N) is 1. The van der Waals surface area contributed by atoms with Crippen molar-refractivity contribution in [3.63, 3.8) is 0 Å². The molecule has 4 fully saturated rings. The van der Waals surface area contributed by atoms with Crippen LogP contribution in [-0.4, -0.2) is 79.5 Å². The summed E-state index contributed by atoms with van der Waals surface area (Å²) in [6, 6.07) is 17.0. The van der Waals surface area contributed by atoms with Crippen molar-refractivity contribution in [2.24, 2.45) is 22.7 Å². The highest BCUT2D eigenvalue weighted by molar-refractivity contribution is 7.92. The van der Waals surface area contributed by atoms with Gasteiger partial charge < -0.3 is 19.3 Å². The van der Waals surface area contributed by atoms with Gasteiger partial charge in [0.25, 0.3) is 17.2 Å². The largest absolute Gasteiger partial charge is 0.369 e. The number of benzene rings is 2. The van der Waals surface area contributed by atoms with Crippen molar-refractivity contribution in [2.75, 3.05) is 59.5 Å². The molecule has 14 heteroatoms. The minimum Gasteiger partial charge on any atom is -0.369 e. The molecule has 2 saturated heterocycles. The van der Waals surface area contributed by atoms with Gasteiger partial charge in [0.15, 0.2) is 0 Å². The van der Waals surface area contributed by atoms with Gasteiger partial charge in [0.05, 0.1) is 27.5 Å². The van der Waals surface area contributed by atoms with E-state index in [0.717, 1.165) is 24.2 Å². The van der Waals surface area contributed by atoms with Gasteiger partial charge in [0, 0.05) is 93.3 Å². The Morgan fingerprint density at radius 3 is 2.38 bits per heavy atom. The van der Waals surface area contributed by atoms with E-state index in [1.54, 1.807) is 41.3 Å². The van der Waals surface area contributed by atoms with Crippen LogP contribution >= 0.6 is 0 Å². The molecule has 3 aromatic rings. The predicted molar refractivity (Wildman–Crippen MR) is 197 cm³/mol. The van der Waals surface area contributed by atoms with Crippen LogP contribution in [0, 0.1) is 32.8 Å². The van der Waals surface area contributed by atoms with Crippen molar-refractivity contribution >= 4 is 44.5 Å². The lowest BCUT2D eigenvalue weighted by Crippen LogP contribution is -2.49. The Morgan fingerprint density at radius 2 is 1.71 bits per heavy atom. The third kappa shape index (κ3) is 5.75. The minimum absolute atomic E-state index is 0.0107. The number of hydrogen-bond acceptors (Lipinski definition) is 9. The van der Waals surface area contributed by atoms with Crippen molar-refractivity contribution in [1.82, 2.24) is 9.47 Å². The third-order valence-corrected chi connectivity index (χ3v) is 14.3. The molecule has 1 N–H and O–H groups in total. The number of rotatable bonds is 8. The van der Waals surface area contributed by atoms with Crippen LogP contribution in [0.4, 0.5) is 22.7 Å². The molecule has 4 bridgehead atoms. The molecule has 2 aromatic carbocycles. The van der Waals surface area contributed by atoms with E-state index in [1.165, 1.54) is 12.1 Å². The molecule has 4 heterocycles. The van der Waals surface area contributed by atoms with Crippen molar-refractivity contribution < 1.29 is 22.9 Å². The molecule has 2 aliphatic carbocycles. The smallest absolute Gasteiger partial charge is 0.269 e. The lowest BCUT2D eigenvalue weighted by atomic mass is 9.70. The van der Waals surface area contributed by atoms with Gasteiger partial charge in [-0.05, 0) is 72.9 Å². The monoisotopic (exact) mass is 728 g/mol. The van der Waals surface area contributed by atoms with Crippen LogP contribution in [0.2, 0.25) is 0 Å². The average Bonchev–Trinajstić information content (AvgIpc) is 3.46. The number of nitrogens with zero attached hydrogens (tertiary/aromatic N) is 5. The second-order valence-electron chi connectivity index (χ2n) is 15.9. The topological polar surface area (TPSA) is 155 Å². The highest BCUT2D eigenvalue weighted by atomic mass is 32.2. The van der Waals surface area contributed by atoms with Crippen LogP contribution in [0.5, 0.6) is 0 Å². The van der Waals surface area contributed by atoms with E-state index in [0.29, 0.717) is 75.6 Å². The van der Waals surface area contributed by atoms with Gasteiger partial charge in [0.1, 0.15) is 5.78 Å². The Balaban J connectivity index is 1.07. The Labute approximate surface area is 302 Å². The number of anilines is 3. The maximum Gasteiger partial charge on any atom is 0.269 e. The zero-order valence-corrected chi connectivity index (χ0v) is 30.3. The van der Waals surface area contributed by atoms with Gasteiger partial charge in [0.2, 0.25) is 10.0 Å². The first-order chi connectivity index (χ1) is 24.7. The molecule has 0 radical (unpaired) electrons. The molecule has 13 nitrogen and oxygen atoms in total. The van der Waals surface area contributed by atoms with Gasteiger partial charge >= 0.3 is 0 Å². The van der Waals surface area contributed by atoms with E-state index in [1.807, 2.05) is 30.5 Å². The second kappa shape index (κ2) is 12.5. The fourth-order valence-electron chi connectivity index (χ4n) is 9.89. The number of piperazine rings is 1. The standard InChI is InChI=1S/C38H44N6O7S/c1-37(2)28-12-13-38(37,34(45)20-28)24-52(50,51)39-31-19-26(36(47)41-16-14-40(15-17-41)29-7-9-30(10-8-29)44(48)49)6-11-33(31)42-21-25-18-27(23-42)32-4-3-5-35(46)43(32)22-25/h3-11,19,25,27-28,39H,12-18,20-24H2,1-2H3/t25-,27+,28+,38-/m1/s1. The molecule has 1 aromatic heterocycles. The number of pyridine rings is 1. The lowest BCUT2D eigenvalue weighted by Gasteiger charge is -2.44. The molecule has 8 rings (SSSR count). The van der Waals surface area contributed by atoms with Gasteiger partial charge in [-0.15, -0.1) is 0 Å². The van der Waals surface area contributed by atoms with E-state index in [2.05, 4.69) is 14.5 Å². The molecule has 0 unspecified atom stereocenters. The summed E-state index contributed by atoms with van der Waals surface area (Å²) >= 11 is 0. The highest BCUT2D eigenvalue weighted by Gasteiger charge is 2.65. The van der Waals surface area contributed by atoms with Gasteiger partial charge in [-0.25, -0.2) is 8.42 Å². The normalized spacial score (nSPS) is 26.3. The molecule has 2 saturated carbocycles. The van der Waals surface area contributed by atoms with Gasteiger partial charge in [-0.2, -0.15) is 0 Å². The molecular weight excluding hydrogens is 685 g/mol. The molecule has 3 aliphatic heterocycles. The number of aromatic nitrogens is 1. The molecular formula is C38H44N6O7S. The number of nitro benzene ring substituents is 1. The number of nitro groups is 1. The van der Waals surface area contributed by atoms with Crippen molar-refractivity contribution in [3.8, 4) is 0 Å². The molecule has 5 aliphatic rings. The molecule has 274 valence electrons. The average molecular weight is 729 g/mol. The summed E-state index contributed by atoms with van der Waals surface area (Å²) in [5, 5.41) is 11.1. The van der Waals surface area contributed by atoms with Crippen molar-refractivity contribution in [1.29, 1.82) is 0 Å². The first-order valence-electron chi connectivity index (χ1n) is 18.2. The molecule has 4 atom stereocenters. The summed E-state index contributed by atoms with van der Waals surface area (Å²) in [5.74, 6) is -0.0412. The Kier molecular flexibility index (Phi) is 8.23.